The van der Waals surface area contributed by atoms with Crippen molar-refractivity contribution in [2.24, 2.45) is 5.92 Å². The summed E-state index contributed by atoms with van der Waals surface area (Å²) in [6.45, 7) is 0. The van der Waals surface area contributed by atoms with Gasteiger partial charge in [-0.3, -0.25) is 0 Å². The fraction of sp³-hybridized carbons (Fsp3) is 0.353. The van der Waals surface area contributed by atoms with Gasteiger partial charge in [-0.15, -0.1) is 12.4 Å². The lowest BCUT2D eigenvalue weighted by atomic mass is 9.81. The van der Waals surface area contributed by atoms with E-state index in [1.807, 2.05) is 35.3 Å². The number of nitrogens with zero attached hydrogens (tertiary/aromatic N) is 2. The molecule has 3 rings (SSSR count). The fourth-order valence-electron chi connectivity index (χ4n) is 3.04. The Morgan fingerprint density at radius 3 is 2.59 bits per heavy atom. The molecule has 1 aromatic carbocycles. The van der Waals surface area contributed by atoms with Crippen molar-refractivity contribution in [3.63, 3.8) is 0 Å². The zero-order valence-corrected chi connectivity index (χ0v) is 14.5. The number of imidazole rings is 1. The number of benzene rings is 1. The number of aromatic nitrogens is 2. The van der Waals surface area contributed by atoms with Gasteiger partial charge in [-0.1, -0.05) is 48.5 Å². The van der Waals surface area contributed by atoms with Crippen molar-refractivity contribution in [1.29, 1.82) is 0 Å². The molecule has 0 unspecified atom stereocenters. The quantitative estimate of drug-likeness (QED) is 0.640. The van der Waals surface area contributed by atoms with E-state index in [0.717, 1.165) is 10.6 Å². The monoisotopic (exact) mass is 356 g/mol. The van der Waals surface area contributed by atoms with Crippen LogP contribution in [0, 0.1) is 5.92 Å². The van der Waals surface area contributed by atoms with Gasteiger partial charge in [0, 0.05) is 28.6 Å². The minimum atomic E-state index is 0. The van der Waals surface area contributed by atoms with Gasteiger partial charge in [0.15, 0.2) is 0 Å². The average molecular weight is 358 g/mol. The molecule has 0 atom stereocenters. The Bertz CT molecular complexity index is 629. The van der Waals surface area contributed by atoms with Crippen LogP contribution in [0.3, 0.4) is 0 Å². The molecular formula is C17H19Cl3N2. The molecule has 1 aliphatic rings. The maximum absolute atomic E-state index is 6.43. The fourth-order valence-corrected chi connectivity index (χ4v) is 3.56. The molecule has 22 heavy (non-hydrogen) atoms. The Labute approximate surface area is 147 Å². The first kappa shape index (κ1) is 17.4. The van der Waals surface area contributed by atoms with E-state index in [0.29, 0.717) is 10.9 Å². The SMILES string of the molecule is Cl.Clc1ccc(C(=Cn2ccnc2)C2CCCCC2)c(Cl)c1. The highest BCUT2D eigenvalue weighted by atomic mass is 35.5. The number of allylic oxidation sites excluding steroid dienone is 1. The lowest BCUT2D eigenvalue weighted by Crippen LogP contribution is -2.09. The highest BCUT2D eigenvalue weighted by Crippen LogP contribution is 2.39. The van der Waals surface area contributed by atoms with Gasteiger partial charge in [0.1, 0.15) is 0 Å². The van der Waals surface area contributed by atoms with Gasteiger partial charge in [0.25, 0.3) is 0 Å². The summed E-state index contributed by atoms with van der Waals surface area (Å²) in [6, 6.07) is 5.76. The first-order valence-electron chi connectivity index (χ1n) is 7.38. The number of hydrogen-bond acceptors (Lipinski definition) is 1. The first-order chi connectivity index (χ1) is 10.2. The Balaban J connectivity index is 0.00000176. The maximum Gasteiger partial charge on any atom is 0.0986 e. The van der Waals surface area contributed by atoms with Gasteiger partial charge in [-0.25, -0.2) is 4.98 Å². The molecule has 0 N–H and O–H groups in total. The van der Waals surface area contributed by atoms with Crippen LogP contribution in [0.2, 0.25) is 10.0 Å². The molecule has 5 heteroatoms. The molecule has 1 saturated carbocycles. The summed E-state index contributed by atoms with van der Waals surface area (Å²) in [5.41, 5.74) is 2.37. The van der Waals surface area contributed by atoms with E-state index in [2.05, 4.69) is 11.2 Å². The highest BCUT2D eigenvalue weighted by Gasteiger charge is 2.21. The van der Waals surface area contributed by atoms with E-state index in [-0.39, 0.29) is 12.4 Å². The van der Waals surface area contributed by atoms with Crippen LogP contribution >= 0.6 is 35.6 Å². The Hall–Kier alpha value is -0.960. The van der Waals surface area contributed by atoms with Crippen molar-refractivity contribution in [2.45, 2.75) is 32.1 Å². The van der Waals surface area contributed by atoms with E-state index in [9.17, 15) is 0 Å². The van der Waals surface area contributed by atoms with Gasteiger partial charge in [-0.2, -0.15) is 0 Å². The van der Waals surface area contributed by atoms with Crippen molar-refractivity contribution in [1.82, 2.24) is 9.55 Å². The van der Waals surface area contributed by atoms with E-state index < -0.39 is 0 Å². The van der Waals surface area contributed by atoms with Crippen molar-refractivity contribution in [3.05, 3.63) is 52.5 Å². The summed E-state index contributed by atoms with van der Waals surface area (Å²) in [5.74, 6) is 0.555. The predicted octanol–water partition coefficient (Wildman–Crippen LogP) is 6.19. The van der Waals surface area contributed by atoms with Crippen molar-refractivity contribution in [3.8, 4) is 0 Å². The van der Waals surface area contributed by atoms with E-state index in [1.54, 1.807) is 6.20 Å². The third kappa shape index (κ3) is 4.07. The van der Waals surface area contributed by atoms with Gasteiger partial charge in [0.2, 0.25) is 0 Å². The maximum atomic E-state index is 6.43. The summed E-state index contributed by atoms with van der Waals surface area (Å²) in [5, 5.41) is 1.40. The molecule has 0 bridgehead atoms. The van der Waals surface area contributed by atoms with Gasteiger partial charge < -0.3 is 4.57 Å². The smallest absolute Gasteiger partial charge is 0.0986 e. The molecular weight excluding hydrogens is 339 g/mol. The molecule has 1 fully saturated rings. The minimum absolute atomic E-state index is 0. The molecule has 1 heterocycles. The van der Waals surface area contributed by atoms with Gasteiger partial charge in [0.05, 0.1) is 6.33 Å². The lowest BCUT2D eigenvalue weighted by Gasteiger charge is -2.25. The summed E-state index contributed by atoms with van der Waals surface area (Å²) in [7, 11) is 0. The summed E-state index contributed by atoms with van der Waals surface area (Å²) < 4.78 is 1.99. The highest BCUT2D eigenvalue weighted by molar-refractivity contribution is 6.35. The molecule has 2 aromatic rings. The minimum Gasteiger partial charge on any atom is -0.313 e. The normalized spacial score (nSPS) is 16.4. The topological polar surface area (TPSA) is 17.8 Å². The second-order valence-electron chi connectivity index (χ2n) is 5.55. The average Bonchev–Trinajstić information content (AvgIpc) is 2.99. The van der Waals surface area contributed by atoms with E-state index in [4.69, 9.17) is 23.2 Å². The molecule has 0 radical (unpaired) electrons. The van der Waals surface area contributed by atoms with Crippen LogP contribution < -0.4 is 0 Å². The Morgan fingerprint density at radius 2 is 1.95 bits per heavy atom. The van der Waals surface area contributed by atoms with Crippen molar-refractivity contribution >= 4 is 47.4 Å². The zero-order chi connectivity index (χ0) is 14.7. The molecule has 1 aromatic heterocycles. The van der Waals surface area contributed by atoms with Crippen LogP contribution in [0.15, 0.2) is 36.9 Å². The summed E-state index contributed by atoms with van der Waals surface area (Å²) in [4.78, 5) is 4.11. The van der Waals surface area contributed by atoms with Crippen LogP contribution in [0.1, 0.15) is 37.7 Å². The third-order valence-electron chi connectivity index (χ3n) is 4.10. The van der Waals surface area contributed by atoms with Gasteiger partial charge in [-0.05, 0) is 42.0 Å². The first-order valence-corrected chi connectivity index (χ1v) is 8.14. The Morgan fingerprint density at radius 1 is 1.18 bits per heavy atom. The lowest BCUT2D eigenvalue weighted by molar-refractivity contribution is 0.430. The predicted molar refractivity (Wildman–Crippen MR) is 96.7 cm³/mol. The molecule has 2 nitrogen and oxygen atoms in total. The standard InChI is InChI=1S/C17H18Cl2N2.ClH/c18-14-6-7-15(17(19)10-14)16(11-21-9-8-20-12-21)13-4-2-1-3-5-13;/h6-13H,1-5H2;1H. The van der Waals surface area contributed by atoms with Crippen LogP contribution in [-0.4, -0.2) is 9.55 Å². The van der Waals surface area contributed by atoms with Crippen LogP contribution in [0.25, 0.3) is 11.8 Å². The molecule has 118 valence electrons. The second kappa shape index (κ2) is 8.05. The number of hydrogen-bond donors (Lipinski definition) is 0. The zero-order valence-electron chi connectivity index (χ0n) is 12.2. The second-order valence-corrected chi connectivity index (χ2v) is 6.40. The van der Waals surface area contributed by atoms with Crippen molar-refractivity contribution in [2.75, 3.05) is 0 Å². The van der Waals surface area contributed by atoms with Crippen LogP contribution in [0.5, 0.6) is 0 Å². The van der Waals surface area contributed by atoms with E-state index >= 15 is 0 Å². The van der Waals surface area contributed by atoms with Crippen LogP contribution in [0.4, 0.5) is 0 Å². The van der Waals surface area contributed by atoms with Crippen molar-refractivity contribution < 1.29 is 0 Å². The summed E-state index contributed by atoms with van der Waals surface area (Å²) >= 11 is 12.5. The molecule has 0 amide bonds. The molecule has 0 aliphatic heterocycles. The third-order valence-corrected chi connectivity index (χ3v) is 4.65. The number of halogens is 3. The summed E-state index contributed by atoms with van der Waals surface area (Å²) in [6.07, 6.45) is 14.1. The molecule has 1 aliphatic carbocycles. The Kier molecular flexibility index (Phi) is 6.37. The molecule has 0 spiro atoms. The van der Waals surface area contributed by atoms with Crippen LogP contribution in [-0.2, 0) is 0 Å². The largest absolute Gasteiger partial charge is 0.313 e. The molecule has 0 saturated heterocycles. The van der Waals surface area contributed by atoms with Gasteiger partial charge >= 0.3 is 0 Å². The van der Waals surface area contributed by atoms with E-state index in [1.165, 1.54) is 37.7 Å². The number of rotatable bonds is 3.